The summed E-state index contributed by atoms with van der Waals surface area (Å²) in [5, 5.41) is 0. The van der Waals surface area contributed by atoms with Crippen LogP contribution in [0.3, 0.4) is 0 Å². The van der Waals surface area contributed by atoms with Gasteiger partial charge < -0.3 is 0 Å². The molecule has 0 saturated carbocycles. The molecular formula is C6H10ClO3P. The molecule has 0 N–H and O–H groups in total. The van der Waals surface area contributed by atoms with Crippen molar-refractivity contribution in [1.29, 1.82) is 0 Å². The van der Waals surface area contributed by atoms with Gasteiger partial charge in [0.1, 0.15) is 0 Å². The van der Waals surface area contributed by atoms with Gasteiger partial charge in [0.2, 0.25) is 0 Å². The molecule has 0 unspecified atom stereocenters. The molecular weight excluding hydrogens is 186 g/mol. The molecule has 0 aliphatic rings. The molecule has 0 aliphatic heterocycles. The van der Waals surface area contributed by atoms with Gasteiger partial charge in [-0.05, 0) is 0 Å². The first-order chi connectivity index (χ1) is 5.12. The Morgan fingerprint density at radius 2 is 1.64 bits per heavy atom. The molecule has 11 heavy (non-hydrogen) atoms. The van der Waals surface area contributed by atoms with Crippen LogP contribution in [0.2, 0.25) is 0 Å². The van der Waals surface area contributed by atoms with Crippen LogP contribution in [0.1, 0.15) is 0 Å². The molecule has 0 aromatic rings. The molecule has 0 atom stereocenters. The molecule has 64 valence electrons. The van der Waals surface area contributed by atoms with Crippen LogP contribution in [0, 0.1) is 0 Å². The first-order valence-electron chi connectivity index (χ1n) is 2.93. The lowest BCUT2D eigenvalue weighted by molar-refractivity contribution is 0.253. The van der Waals surface area contributed by atoms with Crippen LogP contribution in [-0.4, -0.2) is 13.2 Å². The maximum absolute atomic E-state index is 11.0. The Morgan fingerprint density at radius 1 is 1.27 bits per heavy atom. The Labute approximate surface area is 71.0 Å². The normalized spacial score (nSPS) is 11.0. The van der Waals surface area contributed by atoms with E-state index < -0.39 is 6.95 Å². The van der Waals surface area contributed by atoms with Crippen LogP contribution >= 0.6 is 18.2 Å². The van der Waals surface area contributed by atoms with Crippen molar-refractivity contribution in [3.05, 3.63) is 25.3 Å². The van der Waals surface area contributed by atoms with E-state index in [1.165, 1.54) is 12.2 Å². The fourth-order valence-electron chi connectivity index (χ4n) is 0.321. The first-order valence-corrected chi connectivity index (χ1v) is 5.37. The van der Waals surface area contributed by atoms with E-state index in [-0.39, 0.29) is 13.2 Å². The van der Waals surface area contributed by atoms with Gasteiger partial charge in [-0.2, -0.15) is 0 Å². The summed E-state index contributed by atoms with van der Waals surface area (Å²) in [6.45, 7) is 3.55. The van der Waals surface area contributed by atoms with E-state index in [1.807, 2.05) is 0 Å². The third-order valence-electron chi connectivity index (χ3n) is 0.693. The average Bonchev–Trinajstić information content (AvgIpc) is 1.97. The molecule has 5 heteroatoms. The Kier molecular flexibility index (Phi) is 5.51. The Hall–Kier alpha value is -0.0800. The number of rotatable bonds is 6. The molecule has 0 amide bonds. The van der Waals surface area contributed by atoms with Crippen molar-refractivity contribution in [3.63, 3.8) is 0 Å². The minimum absolute atomic E-state index is 0.109. The Bertz CT molecular complexity index is 165. The number of hydrogen-bond acceptors (Lipinski definition) is 3. The van der Waals surface area contributed by atoms with Gasteiger partial charge >= 0.3 is 6.95 Å². The van der Waals surface area contributed by atoms with E-state index in [4.69, 9.17) is 11.2 Å². The highest BCUT2D eigenvalue weighted by atomic mass is 35.7. The zero-order valence-electron chi connectivity index (χ0n) is 6.03. The maximum atomic E-state index is 11.0. The molecule has 0 spiro atoms. The zero-order valence-corrected chi connectivity index (χ0v) is 7.68. The van der Waals surface area contributed by atoms with Gasteiger partial charge in [-0.25, -0.2) is 4.57 Å². The van der Waals surface area contributed by atoms with Crippen LogP contribution in [0.15, 0.2) is 25.3 Å². The summed E-state index contributed by atoms with van der Waals surface area (Å²) < 4.78 is 20.2. The van der Waals surface area contributed by atoms with E-state index in [0.29, 0.717) is 0 Å². The monoisotopic (exact) mass is 196 g/mol. The van der Waals surface area contributed by atoms with Gasteiger partial charge in [0, 0.05) is 11.2 Å². The maximum Gasteiger partial charge on any atom is 0.424 e. The third-order valence-corrected chi connectivity index (χ3v) is 2.19. The fourth-order valence-corrected chi connectivity index (χ4v) is 1.30. The van der Waals surface area contributed by atoms with E-state index in [1.54, 1.807) is 0 Å². The van der Waals surface area contributed by atoms with Gasteiger partial charge in [-0.15, -0.1) is 13.2 Å². The lowest BCUT2D eigenvalue weighted by Gasteiger charge is -2.07. The molecule has 0 bridgehead atoms. The summed E-state index contributed by atoms with van der Waals surface area (Å²) >= 11 is 5.31. The Morgan fingerprint density at radius 3 is 1.91 bits per heavy atom. The van der Waals surface area contributed by atoms with Crippen molar-refractivity contribution >= 4 is 18.2 Å². The summed E-state index contributed by atoms with van der Waals surface area (Å²) in [6.07, 6.45) is 2.87. The smallest absolute Gasteiger partial charge is 0.293 e. The molecule has 3 nitrogen and oxygen atoms in total. The first kappa shape index (κ1) is 10.9. The predicted molar refractivity (Wildman–Crippen MR) is 45.8 cm³/mol. The van der Waals surface area contributed by atoms with Gasteiger partial charge in [-0.1, -0.05) is 12.2 Å². The minimum Gasteiger partial charge on any atom is -0.293 e. The summed E-state index contributed by atoms with van der Waals surface area (Å²) in [6, 6.07) is 0. The summed E-state index contributed by atoms with van der Waals surface area (Å²) in [4.78, 5) is 0. The van der Waals surface area contributed by atoms with Gasteiger partial charge in [0.05, 0.1) is 13.2 Å². The molecule has 0 aliphatic carbocycles. The summed E-state index contributed by atoms with van der Waals surface area (Å²) in [7, 11) is 0. The number of hydrogen-bond donors (Lipinski definition) is 0. The van der Waals surface area contributed by atoms with E-state index in [9.17, 15) is 4.57 Å². The molecule has 0 aromatic carbocycles. The molecule has 0 radical (unpaired) electrons. The summed E-state index contributed by atoms with van der Waals surface area (Å²) in [5.41, 5.74) is 0. The van der Waals surface area contributed by atoms with Crippen LogP contribution in [-0.2, 0) is 13.6 Å². The average molecular weight is 197 g/mol. The molecule has 0 aromatic heterocycles. The quantitative estimate of drug-likeness (QED) is 0.484. The van der Waals surface area contributed by atoms with Crippen LogP contribution in [0.4, 0.5) is 0 Å². The predicted octanol–water partition coefficient (Wildman–Crippen LogP) is 2.74. The van der Waals surface area contributed by atoms with Gasteiger partial charge in [0.25, 0.3) is 0 Å². The zero-order chi connectivity index (χ0) is 8.74. The largest absolute Gasteiger partial charge is 0.424 e. The molecule has 0 heterocycles. The van der Waals surface area contributed by atoms with Gasteiger partial charge in [-0.3, -0.25) is 9.05 Å². The van der Waals surface area contributed by atoms with Gasteiger partial charge in [0.15, 0.2) is 0 Å². The third kappa shape index (κ3) is 6.32. The highest BCUT2D eigenvalue weighted by Crippen LogP contribution is 2.53. The van der Waals surface area contributed by atoms with Crippen LogP contribution in [0.5, 0.6) is 0 Å². The van der Waals surface area contributed by atoms with Crippen molar-refractivity contribution < 1.29 is 13.6 Å². The molecule has 0 saturated heterocycles. The minimum atomic E-state index is -3.40. The lowest BCUT2D eigenvalue weighted by atomic mass is 10.7. The summed E-state index contributed by atoms with van der Waals surface area (Å²) in [5.74, 6) is 0. The lowest BCUT2D eigenvalue weighted by Crippen LogP contribution is -1.90. The van der Waals surface area contributed by atoms with Crippen molar-refractivity contribution in [1.82, 2.24) is 0 Å². The second-order valence-electron chi connectivity index (χ2n) is 1.60. The SMILES string of the molecule is C=CCOP(=O)(Cl)OCC=C. The van der Waals surface area contributed by atoms with Crippen LogP contribution in [0.25, 0.3) is 0 Å². The van der Waals surface area contributed by atoms with Crippen molar-refractivity contribution in [2.75, 3.05) is 13.2 Å². The van der Waals surface area contributed by atoms with Crippen molar-refractivity contribution in [3.8, 4) is 0 Å². The van der Waals surface area contributed by atoms with Crippen molar-refractivity contribution in [2.45, 2.75) is 0 Å². The number of halogens is 1. The highest BCUT2D eigenvalue weighted by molar-refractivity contribution is 7.81. The highest BCUT2D eigenvalue weighted by Gasteiger charge is 2.18. The van der Waals surface area contributed by atoms with Crippen molar-refractivity contribution in [2.24, 2.45) is 0 Å². The molecule has 0 rings (SSSR count). The molecule has 0 fully saturated rings. The Balaban J connectivity index is 3.69. The van der Waals surface area contributed by atoms with E-state index >= 15 is 0 Å². The standard InChI is InChI=1S/C6H10ClO3P/c1-3-5-9-11(7,8)10-6-4-2/h3-4H,1-2,5-6H2. The van der Waals surface area contributed by atoms with E-state index in [0.717, 1.165) is 0 Å². The van der Waals surface area contributed by atoms with E-state index in [2.05, 4.69) is 22.2 Å². The second-order valence-corrected chi connectivity index (χ2v) is 4.22. The topological polar surface area (TPSA) is 35.5 Å². The fraction of sp³-hybridized carbons (Fsp3) is 0.333. The second kappa shape index (κ2) is 5.56. The van der Waals surface area contributed by atoms with Crippen LogP contribution < -0.4 is 0 Å².